The van der Waals surface area contributed by atoms with E-state index in [1.54, 1.807) is 0 Å². The van der Waals surface area contributed by atoms with Crippen LogP contribution >= 0.6 is 0 Å². The fourth-order valence-corrected chi connectivity index (χ4v) is 3.17. The third-order valence-corrected chi connectivity index (χ3v) is 4.56. The third-order valence-electron chi connectivity index (χ3n) is 4.56. The van der Waals surface area contributed by atoms with Gasteiger partial charge < -0.3 is 29.4 Å². The molecule has 2 atom stereocenters. The van der Waals surface area contributed by atoms with Gasteiger partial charge in [0.2, 0.25) is 13.6 Å². The highest BCUT2D eigenvalue weighted by Crippen LogP contribution is 2.40. The zero-order valence-corrected chi connectivity index (χ0v) is 14.9. The van der Waals surface area contributed by atoms with E-state index in [-0.39, 0.29) is 19.6 Å². The fourth-order valence-electron chi connectivity index (χ4n) is 3.17. The van der Waals surface area contributed by atoms with Crippen molar-refractivity contribution in [3.63, 3.8) is 0 Å². The van der Waals surface area contributed by atoms with Crippen molar-refractivity contribution in [2.45, 2.75) is 26.0 Å². The van der Waals surface area contributed by atoms with E-state index in [0.29, 0.717) is 23.2 Å². The van der Waals surface area contributed by atoms with Gasteiger partial charge in [-0.2, -0.15) is 0 Å². The number of aliphatic hydroxyl groups excluding tert-OH is 1. The molecule has 0 bridgehead atoms. The predicted octanol–water partition coefficient (Wildman–Crippen LogP) is 3.16. The highest BCUT2D eigenvalue weighted by molar-refractivity contribution is 5.48. The minimum Gasteiger partial charge on any atom is -0.454 e. The van der Waals surface area contributed by atoms with Gasteiger partial charge in [0.15, 0.2) is 23.0 Å². The molecule has 2 aliphatic rings. The summed E-state index contributed by atoms with van der Waals surface area (Å²) in [5.41, 5.74) is 1.72. The van der Waals surface area contributed by atoms with E-state index in [0.717, 1.165) is 23.4 Å². The summed E-state index contributed by atoms with van der Waals surface area (Å²) in [6.45, 7) is 5.49. The molecule has 0 aromatic heterocycles. The first-order valence-electron chi connectivity index (χ1n) is 8.82. The van der Waals surface area contributed by atoms with Gasteiger partial charge in [0.1, 0.15) is 0 Å². The number of hydrogen-bond donors (Lipinski definition) is 2. The molecule has 6 nitrogen and oxygen atoms in total. The van der Waals surface area contributed by atoms with Gasteiger partial charge in [0.25, 0.3) is 0 Å². The monoisotopic (exact) mass is 357 g/mol. The summed E-state index contributed by atoms with van der Waals surface area (Å²) in [5.74, 6) is 3.26. The molecule has 0 spiro atoms. The second-order valence-corrected chi connectivity index (χ2v) is 6.95. The fraction of sp³-hybridized carbons (Fsp3) is 0.400. The Hall–Kier alpha value is -2.44. The van der Waals surface area contributed by atoms with Crippen LogP contribution in [-0.4, -0.2) is 25.2 Å². The van der Waals surface area contributed by atoms with Crippen molar-refractivity contribution in [3.8, 4) is 23.0 Å². The second-order valence-electron chi connectivity index (χ2n) is 6.95. The summed E-state index contributed by atoms with van der Waals surface area (Å²) in [6, 6.07) is 11.0. The lowest BCUT2D eigenvalue weighted by Crippen LogP contribution is -2.30. The highest BCUT2D eigenvalue weighted by atomic mass is 16.7. The van der Waals surface area contributed by atoms with Crippen molar-refractivity contribution in [1.29, 1.82) is 0 Å². The van der Waals surface area contributed by atoms with E-state index >= 15 is 0 Å². The van der Waals surface area contributed by atoms with E-state index in [2.05, 4.69) is 19.2 Å². The molecule has 0 saturated heterocycles. The van der Waals surface area contributed by atoms with Crippen molar-refractivity contribution in [2.24, 2.45) is 5.92 Å². The van der Waals surface area contributed by atoms with Gasteiger partial charge in [-0.05, 0) is 47.9 Å². The normalized spacial score (nSPS) is 16.8. The lowest BCUT2D eigenvalue weighted by atomic mass is 9.94. The van der Waals surface area contributed by atoms with Gasteiger partial charge >= 0.3 is 0 Å². The summed E-state index contributed by atoms with van der Waals surface area (Å²) in [7, 11) is 0. The molecule has 0 radical (unpaired) electrons. The molecule has 0 unspecified atom stereocenters. The Balaban J connectivity index is 1.64. The summed E-state index contributed by atoms with van der Waals surface area (Å²) in [6.07, 6.45) is -0.747. The van der Waals surface area contributed by atoms with Crippen molar-refractivity contribution in [1.82, 2.24) is 5.32 Å². The SMILES string of the molecule is CC(C)CN[C@@H](c1ccc2c(c1)OCO2)[C@@H](O)c1ccc2c(c1)OCO2. The standard InChI is InChI=1S/C20H23NO5/c1-12(2)9-21-19(13-3-5-15-17(7-13)25-10-23-15)20(22)14-4-6-16-18(8-14)26-11-24-16/h3-8,12,19-22H,9-11H2,1-2H3/t19-,20-/m0/s1. The maximum Gasteiger partial charge on any atom is 0.231 e. The van der Waals surface area contributed by atoms with Crippen LogP contribution in [0.5, 0.6) is 23.0 Å². The van der Waals surface area contributed by atoms with Gasteiger partial charge in [-0.3, -0.25) is 0 Å². The molecule has 138 valence electrons. The molecule has 2 heterocycles. The Kier molecular flexibility index (Phi) is 4.61. The second kappa shape index (κ2) is 7.05. The molecule has 0 saturated carbocycles. The molecule has 26 heavy (non-hydrogen) atoms. The Morgan fingerprint density at radius 1 is 0.846 bits per heavy atom. The van der Waals surface area contributed by atoms with Crippen molar-refractivity contribution >= 4 is 0 Å². The predicted molar refractivity (Wildman–Crippen MR) is 95.7 cm³/mol. The molecule has 0 fully saturated rings. The van der Waals surface area contributed by atoms with Crippen LogP contribution in [0.25, 0.3) is 0 Å². The third kappa shape index (κ3) is 3.30. The first-order valence-corrected chi connectivity index (χ1v) is 8.82. The van der Waals surface area contributed by atoms with E-state index in [9.17, 15) is 5.11 Å². The van der Waals surface area contributed by atoms with E-state index in [1.807, 2.05) is 36.4 Å². The van der Waals surface area contributed by atoms with Gasteiger partial charge in [0.05, 0.1) is 12.1 Å². The van der Waals surface area contributed by atoms with Crippen LogP contribution in [-0.2, 0) is 0 Å². The van der Waals surface area contributed by atoms with Gasteiger partial charge in [-0.15, -0.1) is 0 Å². The first kappa shape index (κ1) is 17.0. The van der Waals surface area contributed by atoms with Gasteiger partial charge in [-0.25, -0.2) is 0 Å². The number of benzene rings is 2. The summed E-state index contributed by atoms with van der Waals surface area (Å²) in [4.78, 5) is 0. The van der Waals surface area contributed by atoms with Crippen molar-refractivity contribution in [2.75, 3.05) is 20.1 Å². The van der Waals surface area contributed by atoms with Crippen molar-refractivity contribution < 1.29 is 24.1 Å². The number of rotatable bonds is 6. The number of nitrogens with one attached hydrogen (secondary N) is 1. The molecule has 6 heteroatoms. The molecule has 2 aromatic carbocycles. The zero-order chi connectivity index (χ0) is 18.1. The largest absolute Gasteiger partial charge is 0.454 e. The minimum absolute atomic E-state index is 0.214. The van der Waals surface area contributed by atoms with Crippen molar-refractivity contribution in [3.05, 3.63) is 47.5 Å². The molecule has 4 rings (SSSR count). The van der Waals surface area contributed by atoms with Gasteiger partial charge in [-0.1, -0.05) is 26.0 Å². The van der Waals surface area contributed by atoms with E-state index in [4.69, 9.17) is 18.9 Å². The average molecular weight is 357 g/mol. The topological polar surface area (TPSA) is 69.2 Å². The van der Waals surface area contributed by atoms with Crippen LogP contribution < -0.4 is 24.3 Å². The molecule has 0 amide bonds. The van der Waals surface area contributed by atoms with E-state index < -0.39 is 6.10 Å². The Morgan fingerprint density at radius 2 is 1.38 bits per heavy atom. The Morgan fingerprint density at radius 3 is 2.00 bits per heavy atom. The number of ether oxygens (including phenoxy) is 4. The zero-order valence-electron chi connectivity index (χ0n) is 14.9. The van der Waals surface area contributed by atoms with Crippen LogP contribution in [0.4, 0.5) is 0 Å². The van der Waals surface area contributed by atoms with Crippen LogP contribution in [0.3, 0.4) is 0 Å². The van der Waals surface area contributed by atoms with Gasteiger partial charge in [0, 0.05) is 0 Å². The maximum atomic E-state index is 11.1. The molecule has 0 aliphatic carbocycles. The maximum absolute atomic E-state index is 11.1. The molecular weight excluding hydrogens is 334 g/mol. The molecule has 2 aromatic rings. The lowest BCUT2D eigenvalue weighted by molar-refractivity contribution is 0.126. The molecule has 2 N–H and O–H groups in total. The van der Waals surface area contributed by atoms with Crippen LogP contribution in [0.2, 0.25) is 0 Å². The quantitative estimate of drug-likeness (QED) is 0.828. The number of hydrogen-bond acceptors (Lipinski definition) is 6. The van der Waals surface area contributed by atoms with Crippen LogP contribution in [0, 0.1) is 5.92 Å². The highest BCUT2D eigenvalue weighted by Gasteiger charge is 2.26. The number of aliphatic hydroxyl groups is 1. The lowest BCUT2D eigenvalue weighted by Gasteiger charge is -2.26. The number of fused-ring (bicyclic) bond motifs is 2. The minimum atomic E-state index is -0.747. The summed E-state index contributed by atoms with van der Waals surface area (Å²) in [5, 5.41) is 14.6. The summed E-state index contributed by atoms with van der Waals surface area (Å²) >= 11 is 0. The van der Waals surface area contributed by atoms with E-state index in [1.165, 1.54) is 0 Å². The van der Waals surface area contributed by atoms with Crippen LogP contribution in [0.1, 0.15) is 37.1 Å². The Bertz CT molecular complexity index is 792. The first-order chi connectivity index (χ1) is 12.6. The summed E-state index contributed by atoms with van der Waals surface area (Å²) < 4.78 is 21.7. The van der Waals surface area contributed by atoms with Crippen LogP contribution in [0.15, 0.2) is 36.4 Å². The Labute approximate surface area is 152 Å². The molecular formula is C20H23NO5. The average Bonchev–Trinajstić information content (AvgIpc) is 3.29. The smallest absolute Gasteiger partial charge is 0.231 e. The molecule has 2 aliphatic heterocycles.